The second-order valence-corrected chi connectivity index (χ2v) is 39.8. The van der Waals surface area contributed by atoms with E-state index in [0.717, 1.165) is 217 Å². The normalized spacial score (nSPS) is 10.5. The number of thiazole rings is 5. The number of amidine groups is 1. The van der Waals surface area contributed by atoms with E-state index >= 15 is 0 Å². The van der Waals surface area contributed by atoms with Gasteiger partial charge in [0.2, 0.25) is 0 Å². The molecule has 149 heavy (non-hydrogen) atoms. The first-order valence-electron chi connectivity index (χ1n) is 48.8. The summed E-state index contributed by atoms with van der Waals surface area (Å²) in [5.41, 5.74) is 30.7. The number of H-pyrrole nitrogens is 1. The standard InChI is InChI=1S/C23H24N4O3S.C22H26N4O2S.C22H23N3OS.C18H15N3OS.C10H10N2OS.C8H6BrN.C8H19N.C4H9I.CH4/c1-3-4-13-27(14-16-5-7-18(8-6-16)21-25-23(28)30-26-21)22-24-20(15-31-22)17-9-11-19(29-2)12-10-17;1-3-4-13-26(14-16-5-7-18(8-6-16)21(23)25-27)22-24-20(15-29-22)17-9-11-19(28-2)12-10-17;1-3-4-13-25(15-18-7-5-17(14-23)6-8-18)22-24-21(16-27-22)19-9-11-20(26-2)12-10-19;1-22-16-8-6-15(7-9-16)17-12-23-18(21-17)20-11-14-4-2-13(10-19)3-5-14;1-13-8-4-2-7(3-5-8)9-6-14-10(11)12-9;9-5-7-1-3-8(6-10)4-2-7;1-6-9(7(2)3)8(4)5;1-2-3-4-5;/h5-12,15H,3-4,13-14H2,1-2H3,(H,25,26,28);5-12,15,27H,3-4,13-14H2,1-2H3,(H2,23,25);5-12,16H,3-4,13,15H2,1-2H3;2-9,12H,11H2,1H3,(H,20,21);2-6H,1H3,(H2,11,12);1-4H,5H2;7-8H,6H2,1-5H3;2-4H2,1H3;1H4. The van der Waals surface area contributed by atoms with Crippen molar-refractivity contribution in [2.24, 2.45) is 10.9 Å². The number of benzene rings is 10. The van der Waals surface area contributed by atoms with Gasteiger partial charge in [-0.2, -0.15) is 15.8 Å². The van der Waals surface area contributed by atoms with Crippen LogP contribution in [0.3, 0.4) is 0 Å². The van der Waals surface area contributed by atoms with Crippen LogP contribution in [0.1, 0.15) is 171 Å². The molecule has 16 aromatic rings. The van der Waals surface area contributed by atoms with Gasteiger partial charge in [-0.15, -0.1) is 56.7 Å². The molecule has 26 nitrogen and oxygen atoms in total. The van der Waals surface area contributed by atoms with E-state index in [2.05, 4.69) is 190 Å². The van der Waals surface area contributed by atoms with Gasteiger partial charge >= 0.3 is 5.76 Å². The molecule has 0 aliphatic rings. The topological polar surface area (TPSA) is 350 Å². The van der Waals surface area contributed by atoms with Gasteiger partial charge in [0.1, 0.15) is 28.7 Å². The number of hydrogen-bond donors (Lipinski definition) is 5. The van der Waals surface area contributed by atoms with E-state index in [1.54, 1.807) is 80.9 Å². The van der Waals surface area contributed by atoms with Gasteiger partial charge in [0.25, 0.3) is 0 Å². The Morgan fingerprint density at radius 3 is 1.03 bits per heavy atom. The van der Waals surface area contributed by atoms with Crippen molar-refractivity contribution in [1.82, 2.24) is 40.0 Å². The van der Waals surface area contributed by atoms with Crippen LogP contribution in [0.25, 0.3) is 67.7 Å². The second kappa shape index (κ2) is 66.5. The summed E-state index contributed by atoms with van der Waals surface area (Å²) in [7, 11) is 8.31. The molecule has 0 amide bonds. The number of hydrogen-bond acceptors (Lipinski definition) is 29. The summed E-state index contributed by atoms with van der Waals surface area (Å²) in [6.45, 7) is 26.9. The molecule has 33 heteroatoms. The number of ether oxygens (including phenoxy) is 5. The number of nitriles is 3. The van der Waals surface area contributed by atoms with E-state index in [1.807, 2.05) is 253 Å². The van der Waals surface area contributed by atoms with Gasteiger partial charge in [-0.25, -0.2) is 29.7 Å². The van der Waals surface area contributed by atoms with E-state index in [9.17, 15) is 4.79 Å². The first-order valence-corrected chi connectivity index (χ1v) is 55.8. The number of nitrogen functional groups attached to an aromatic ring is 1. The number of aromatic nitrogens is 7. The van der Waals surface area contributed by atoms with Crippen LogP contribution in [-0.2, 0) is 31.5 Å². The molecule has 0 fully saturated rings. The molecule has 0 saturated carbocycles. The lowest BCUT2D eigenvalue weighted by atomic mass is 10.1. The van der Waals surface area contributed by atoms with Crippen molar-refractivity contribution in [3.05, 3.63) is 330 Å². The van der Waals surface area contributed by atoms with Crippen molar-refractivity contribution in [2.75, 3.05) is 91.9 Å². The minimum atomic E-state index is -0.554. The molecule has 6 aromatic heterocycles. The molecule has 0 unspecified atom stereocenters. The van der Waals surface area contributed by atoms with Gasteiger partial charge < -0.3 is 60.4 Å². The molecule has 0 saturated heterocycles. The third-order valence-corrected chi connectivity index (χ3v) is 28.3. The first-order chi connectivity index (χ1) is 72.0. The number of unbranched alkanes of at least 4 members (excludes halogenated alkanes) is 4. The zero-order valence-electron chi connectivity index (χ0n) is 86.4. The minimum Gasteiger partial charge on any atom is -0.497 e. The molecule has 0 aliphatic carbocycles. The lowest BCUT2D eigenvalue weighted by Gasteiger charge is -2.28. The highest BCUT2D eigenvalue weighted by Crippen LogP contribution is 2.36. The van der Waals surface area contributed by atoms with Crippen molar-refractivity contribution >= 4 is 127 Å². The number of nitrogens with zero attached hydrogens (tertiary/aromatic N) is 14. The highest BCUT2D eigenvalue weighted by molar-refractivity contribution is 14.1. The Kier molecular flexibility index (Phi) is 53.8. The van der Waals surface area contributed by atoms with E-state index in [4.69, 9.17) is 71.1 Å². The Bertz CT molecular complexity index is 6700. The molecule has 10 aromatic carbocycles. The maximum atomic E-state index is 11.2. The Balaban J connectivity index is 0.000000217. The van der Waals surface area contributed by atoms with Crippen LogP contribution < -0.4 is 60.9 Å². The fraction of sp³-hybridized carbons (Fsp3) is 0.302. The number of alkyl halides is 2. The van der Waals surface area contributed by atoms with E-state index in [0.29, 0.717) is 51.8 Å². The third-order valence-electron chi connectivity index (χ3n) is 22.8. The SMILES string of the molecule is C.CCCCI.CCCCN(Cc1ccc(-c2noc(=O)[nH]2)cc1)c1nc(-c2ccc(OC)cc2)cs1.CCCCN(Cc1ccc(C#N)cc1)c1nc(-c2ccc(OC)cc2)cs1.CCCCN(Cc1ccc(C(N)=NO)cc1)c1nc(-c2ccc(OC)cc2)cs1.CCN(C(C)C)C(C)C.COc1ccc(-c2csc(N)n2)cc1.COc1ccc(-c2csc(NCc3ccc(C#N)cc3)n2)cc1.N#Cc1ccc(CBr)cc1. The summed E-state index contributed by atoms with van der Waals surface area (Å²) in [6, 6.07) is 85.8. The molecule has 6 heterocycles. The molecule has 782 valence electrons. The number of halogens is 2. The van der Waals surface area contributed by atoms with Gasteiger partial charge in [0.15, 0.2) is 37.3 Å². The highest BCUT2D eigenvalue weighted by atomic mass is 127. The summed E-state index contributed by atoms with van der Waals surface area (Å²) in [5, 5.41) is 60.7. The monoisotopic (exact) mass is 2270 g/mol. The van der Waals surface area contributed by atoms with Crippen LogP contribution in [0.4, 0.5) is 25.7 Å². The molecular weight excluding hydrogens is 2140 g/mol. The smallest absolute Gasteiger partial charge is 0.439 e. The molecule has 0 radical (unpaired) electrons. The van der Waals surface area contributed by atoms with Crippen LogP contribution in [0.2, 0.25) is 0 Å². The number of methoxy groups -OCH3 is 5. The van der Waals surface area contributed by atoms with Crippen molar-refractivity contribution in [3.63, 3.8) is 0 Å². The predicted molar refractivity (Wildman–Crippen MR) is 631 cm³/mol. The minimum absolute atomic E-state index is 0. The van der Waals surface area contributed by atoms with Gasteiger partial charge in [-0.3, -0.25) is 14.4 Å². The largest absolute Gasteiger partial charge is 0.497 e. The first kappa shape index (κ1) is 120. The molecule has 0 aliphatic heterocycles. The number of rotatable bonds is 39. The van der Waals surface area contributed by atoms with Crippen LogP contribution >= 0.6 is 95.2 Å². The van der Waals surface area contributed by atoms with Gasteiger partial charge in [0.05, 0.1) is 98.9 Å². The number of oxime groups is 1. The van der Waals surface area contributed by atoms with Gasteiger partial charge in [0, 0.05) is 129 Å². The summed E-state index contributed by atoms with van der Waals surface area (Å²) < 4.78 is 31.8. The lowest BCUT2D eigenvalue weighted by molar-refractivity contribution is 0.185. The molecule has 7 N–H and O–H groups in total. The van der Waals surface area contributed by atoms with Crippen LogP contribution in [0.15, 0.2) is 284 Å². The predicted octanol–water partition coefficient (Wildman–Crippen LogP) is 29.3. The fourth-order valence-electron chi connectivity index (χ4n) is 14.4. The molecule has 0 bridgehead atoms. The van der Waals surface area contributed by atoms with E-state index in [1.165, 1.54) is 39.7 Å². The van der Waals surface area contributed by atoms with E-state index in [-0.39, 0.29) is 13.3 Å². The molecule has 0 spiro atoms. The van der Waals surface area contributed by atoms with Crippen molar-refractivity contribution < 1.29 is 33.4 Å². The highest BCUT2D eigenvalue weighted by Gasteiger charge is 2.20. The summed E-state index contributed by atoms with van der Waals surface area (Å²) in [6.07, 6.45) is 9.40. The van der Waals surface area contributed by atoms with Crippen LogP contribution in [0.5, 0.6) is 28.7 Å². The Morgan fingerprint density at radius 2 is 0.752 bits per heavy atom. The Hall–Kier alpha value is -13.8. The van der Waals surface area contributed by atoms with Gasteiger partial charge in [-0.05, 0) is 250 Å². The molecular formula is C116H136BrIN18O8S5. The summed E-state index contributed by atoms with van der Waals surface area (Å²) in [4.78, 5) is 46.6. The number of aromatic amines is 1. The Morgan fingerprint density at radius 1 is 0.443 bits per heavy atom. The summed E-state index contributed by atoms with van der Waals surface area (Å²) >= 11 is 13.7. The van der Waals surface area contributed by atoms with Crippen LogP contribution in [-0.4, -0.2) is 129 Å². The average molecular weight is 2280 g/mol. The average Bonchev–Trinajstić information content (AvgIpc) is 1.69. The Labute approximate surface area is 920 Å². The number of nitrogens with two attached hydrogens (primary N) is 2. The second-order valence-electron chi connectivity index (χ2n) is 33.9. The van der Waals surface area contributed by atoms with E-state index < -0.39 is 5.76 Å². The van der Waals surface area contributed by atoms with Crippen molar-refractivity contribution in [3.8, 4) is 115 Å². The lowest BCUT2D eigenvalue weighted by Crippen LogP contribution is -2.36. The number of nitrogens with one attached hydrogen (secondary N) is 2. The van der Waals surface area contributed by atoms with Crippen molar-refractivity contribution in [1.29, 1.82) is 15.8 Å². The maximum Gasteiger partial charge on any atom is 0.439 e. The zero-order valence-corrected chi connectivity index (χ0v) is 94.2. The molecule has 16 rings (SSSR count). The zero-order chi connectivity index (χ0) is 106. The fourth-order valence-corrected chi connectivity index (χ4v) is 19.4. The van der Waals surface area contributed by atoms with Crippen molar-refractivity contribution in [2.45, 2.75) is 165 Å². The number of anilines is 5. The quantitative estimate of drug-likeness (QED) is 0.00596. The van der Waals surface area contributed by atoms with Gasteiger partial charge in [-0.1, -0.05) is 201 Å². The maximum absolute atomic E-state index is 11.2. The third kappa shape index (κ3) is 40.3. The van der Waals surface area contributed by atoms with Crippen LogP contribution in [0, 0.1) is 34.0 Å². The molecule has 0 atom stereocenters. The summed E-state index contributed by atoms with van der Waals surface area (Å²) in [5.74, 6) is 4.19.